The second kappa shape index (κ2) is 5.40. The van der Waals surface area contributed by atoms with Crippen molar-refractivity contribution in [1.29, 1.82) is 0 Å². The van der Waals surface area contributed by atoms with Gasteiger partial charge in [0.1, 0.15) is 0 Å². The third-order valence-corrected chi connectivity index (χ3v) is 5.97. The Kier molecular flexibility index (Phi) is 3.73. The van der Waals surface area contributed by atoms with E-state index in [9.17, 15) is 13.2 Å². The molecule has 0 unspecified atom stereocenters. The van der Waals surface area contributed by atoms with Gasteiger partial charge < -0.3 is 10.1 Å². The molecule has 0 atom stereocenters. The average Bonchev–Trinajstić information content (AvgIpc) is 2.86. The van der Waals surface area contributed by atoms with Crippen LogP contribution in [0.3, 0.4) is 0 Å². The van der Waals surface area contributed by atoms with E-state index in [2.05, 4.69) is 5.32 Å². The summed E-state index contributed by atoms with van der Waals surface area (Å²) in [6.07, 6.45) is 1.80. The minimum atomic E-state index is -3.49. The van der Waals surface area contributed by atoms with E-state index >= 15 is 0 Å². The Morgan fingerprint density at radius 3 is 2.67 bits per heavy atom. The van der Waals surface area contributed by atoms with Gasteiger partial charge in [0.05, 0.1) is 17.4 Å². The standard InChI is InChI=1S/C14H18N2O4S/c1-20-11-4-6-16(7-5-11)21(18,19)12-2-3-13-10(8-12)9-14(17)15-13/h2-3,8,11H,4-7,9H2,1H3,(H,15,17). The van der Waals surface area contributed by atoms with E-state index in [1.165, 1.54) is 4.31 Å². The van der Waals surface area contributed by atoms with Crippen molar-refractivity contribution in [3.05, 3.63) is 23.8 Å². The van der Waals surface area contributed by atoms with Crippen molar-refractivity contribution in [2.45, 2.75) is 30.3 Å². The Morgan fingerprint density at radius 1 is 1.29 bits per heavy atom. The van der Waals surface area contributed by atoms with Crippen LogP contribution in [0.5, 0.6) is 0 Å². The summed E-state index contributed by atoms with van der Waals surface area (Å²) in [6, 6.07) is 4.82. The molecule has 0 aromatic heterocycles. The molecule has 7 heteroatoms. The maximum absolute atomic E-state index is 12.6. The molecule has 0 radical (unpaired) electrons. The van der Waals surface area contributed by atoms with Crippen molar-refractivity contribution in [1.82, 2.24) is 4.31 Å². The number of sulfonamides is 1. The van der Waals surface area contributed by atoms with Gasteiger partial charge in [-0.05, 0) is 36.6 Å². The molecule has 2 aliphatic heterocycles. The van der Waals surface area contributed by atoms with E-state index in [0.717, 1.165) is 5.56 Å². The van der Waals surface area contributed by atoms with Crippen LogP contribution in [0.2, 0.25) is 0 Å². The summed E-state index contributed by atoms with van der Waals surface area (Å²) in [6.45, 7) is 0.935. The molecule has 3 rings (SSSR count). The maximum Gasteiger partial charge on any atom is 0.243 e. The number of amides is 1. The number of nitrogens with one attached hydrogen (secondary N) is 1. The lowest BCUT2D eigenvalue weighted by atomic mass is 10.1. The van der Waals surface area contributed by atoms with Crippen LogP contribution >= 0.6 is 0 Å². The van der Waals surface area contributed by atoms with Crippen LogP contribution in [-0.2, 0) is 26.0 Å². The lowest BCUT2D eigenvalue weighted by molar-refractivity contribution is -0.115. The molecular formula is C14H18N2O4S. The first-order chi connectivity index (χ1) is 10.0. The molecule has 0 bridgehead atoms. The molecule has 21 heavy (non-hydrogen) atoms. The number of methoxy groups -OCH3 is 1. The van der Waals surface area contributed by atoms with Gasteiger partial charge in [-0.2, -0.15) is 4.31 Å². The Morgan fingerprint density at radius 2 is 2.00 bits per heavy atom. The summed E-state index contributed by atoms with van der Waals surface area (Å²) in [4.78, 5) is 11.6. The molecule has 1 amide bonds. The van der Waals surface area contributed by atoms with Gasteiger partial charge in [0.2, 0.25) is 15.9 Å². The molecule has 2 aliphatic rings. The van der Waals surface area contributed by atoms with Crippen LogP contribution < -0.4 is 5.32 Å². The molecule has 0 aliphatic carbocycles. The highest BCUT2D eigenvalue weighted by Gasteiger charge is 2.30. The zero-order valence-electron chi connectivity index (χ0n) is 11.8. The van der Waals surface area contributed by atoms with Gasteiger partial charge in [-0.1, -0.05) is 0 Å². The highest BCUT2D eigenvalue weighted by atomic mass is 32.2. The molecule has 1 aromatic carbocycles. The van der Waals surface area contributed by atoms with Gasteiger partial charge >= 0.3 is 0 Å². The van der Waals surface area contributed by atoms with Crippen LogP contribution in [0.15, 0.2) is 23.1 Å². The molecule has 114 valence electrons. The Balaban J connectivity index is 1.83. The number of fused-ring (bicyclic) bond motifs is 1. The number of carbonyl (C=O) groups excluding carboxylic acids is 1. The van der Waals surface area contributed by atoms with E-state index in [-0.39, 0.29) is 23.3 Å². The summed E-state index contributed by atoms with van der Waals surface area (Å²) >= 11 is 0. The maximum atomic E-state index is 12.6. The zero-order valence-corrected chi connectivity index (χ0v) is 12.6. The first kappa shape index (κ1) is 14.5. The van der Waals surface area contributed by atoms with Crippen molar-refractivity contribution in [3.8, 4) is 0 Å². The molecule has 6 nitrogen and oxygen atoms in total. The zero-order chi connectivity index (χ0) is 15.0. The predicted octanol–water partition coefficient (Wildman–Crippen LogP) is 0.981. The van der Waals surface area contributed by atoms with Gasteiger partial charge in [0.25, 0.3) is 0 Å². The van der Waals surface area contributed by atoms with Gasteiger partial charge in [-0.15, -0.1) is 0 Å². The van der Waals surface area contributed by atoms with Gasteiger partial charge in [0.15, 0.2) is 0 Å². The highest BCUT2D eigenvalue weighted by molar-refractivity contribution is 7.89. The molecular weight excluding hydrogens is 292 g/mol. The number of benzene rings is 1. The van der Waals surface area contributed by atoms with E-state index in [0.29, 0.717) is 31.6 Å². The molecule has 1 saturated heterocycles. The third kappa shape index (κ3) is 2.68. The highest BCUT2D eigenvalue weighted by Crippen LogP contribution is 2.28. The van der Waals surface area contributed by atoms with Crippen LogP contribution in [0.1, 0.15) is 18.4 Å². The summed E-state index contributed by atoms with van der Waals surface area (Å²) in [5.74, 6) is -0.0968. The van der Waals surface area contributed by atoms with Crippen LogP contribution in [-0.4, -0.2) is 44.9 Å². The van der Waals surface area contributed by atoms with Crippen LogP contribution in [0.4, 0.5) is 5.69 Å². The van der Waals surface area contributed by atoms with Gasteiger partial charge in [0, 0.05) is 25.9 Å². The number of nitrogens with zero attached hydrogens (tertiary/aromatic N) is 1. The van der Waals surface area contributed by atoms with Crippen molar-refractivity contribution >= 4 is 21.6 Å². The first-order valence-electron chi connectivity index (χ1n) is 6.96. The molecule has 1 aromatic rings. The Bertz CT molecular complexity index is 664. The van der Waals surface area contributed by atoms with Crippen LogP contribution in [0.25, 0.3) is 0 Å². The van der Waals surface area contributed by atoms with Crippen molar-refractivity contribution in [2.75, 3.05) is 25.5 Å². The Labute approximate surface area is 124 Å². The van der Waals surface area contributed by atoms with Crippen molar-refractivity contribution in [3.63, 3.8) is 0 Å². The van der Waals surface area contributed by atoms with E-state index in [4.69, 9.17) is 4.74 Å². The van der Waals surface area contributed by atoms with E-state index in [1.54, 1.807) is 25.3 Å². The summed E-state index contributed by atoms with van der Waals surface area (Å²) < 4.78 is 32.0. The number of piperidine rings is 1. The number of hydrogen-bond donors (Lipinski definition) is 1. The van der Waals surface area contributed by atoms with E-state index < -0.39 is 10.0 Å². The number of carbonyl (C=O) groups is 1. The lowest BCUT2D eigenvalue weighted by Crippen LogP contribution is -2.40. The summed E-state index contributed by atoms with van der Waals surface area (Å²) in [5, 5.41) is 2.71. The van der Waals surface area contributed by atoms with Crippen molar-refractivity contribution in [2.24, 2.45) is 0 Å². The minimum absolute atomic E-state index is 0.0968. The monoisotopic (exact) mass is 310 g/mol. The first-order valence-corrected chi connectivity index (χ1v) is 8.40. The molecule has 2 heterocycles. The van der Waals surface area contributed by atoms with Gasteiger partial charge in [-0.3, -0.25) is 4.79 Å². The molecule has 0 spiro atoms. The normalized spacial score (nSPS) is 20.3. The number of anilines is 1. The van der Waals surface area contributed by atoms with E-state index in [1.807, 2.05) is 0 Å². The fraction of sp³-hybridized carbons (Fsp3) is 0.500. The van der Waals surface area contributed by atoms with Crippen LogP contribution in [0, 0.1) is 0 Å². The number of hydrogen-bond acceptors (Lipinski definition) is 4. The smallest absolute Gasteiger partial charge is 0.243 e. The average molecular weight is 310 g/mol. The number of ether oxygens (including phenoxy) is 1. The second-order valence-electron chi connectivity index (χ2n) is 5.38. The van der Waals surface area contributed by atoms with Crippen molar-refractivity contribution < 1.29 is 17.9 Å². The lowest BCUT2D eigenvalue weighted by Gasteiger charge is -2.30. The summed E-state index contributed by atoms with van der Waals surface area (Å²) in [5.41, 5.74) is 1.45. The Hall–Kier alpha value is -1.44. The molecule has 1 N–H and O–H groups in total. The third-order valence-electron chi connectivity index (χ3n) is 4.07. The predicted molar refractivity (Wildman–Crippen MR) is 77.6 cm³/mol. The minimum Gasteiger partial charge on any atom is -0.381 e. The molecule has 0 saturated carbocycles. The molecule has 1 fully saturated rings. The summed E-state index contributed by atoms with van der Waals surface area (Å²) in [7, 11) is -1.84. The SMILES string of the molecule is COC1CCN(S(=O)(=O)c2ccc3c(c2)CC(=O)N3)CC1. The second-order valence-corrected chi connectivity index (χ2v) is 7.32. The topological polar surface area (TPSA) is 75.7 Å². The quantitative estimate of drug-likeness (QED) is 0.903. The largest absolute Gasteiger partial charge is 0.381 e. The fourth-order valence-electron chi connectivity index (χ4n) is 2.82. The fourth-order valence-corrected chi connectivity index (χ4v) is 4.34. The number of rotatable bonds is 3. The van der Waals surface area contributed by atoms with Gasteiger partial charge in [-0.25, -0.2) is 8.42 Å².